The van der Waals surface area contributed by atoms with Crippen LogP contribution in [0.1, 0.15) is 28.9 Å². The molecular formula is C18H27N5O2. The molecule has 7 heteroatoms. The van der Waals surface area contributed by atoms with Crippen molar-refractivity contribution >= 4 is 11.9 Å². The van der Waals surface area contributed by atoms with Crippen molar-refractivity contribution in [2.75, 3.05) is 46.3 Å². The number of nitrogens with one attached hydrogen (secondary N) is 1. The Bertz CT molecular complexity index is 618. The van der Waals surface area contributed by atoms with Gasteiger partial charge in [0.05, 0.1) is 5.56 Å². The number of likely N-dealkylation sites (tertiary alicyclic amines) is 1. The van der Waals surface area contributed by atoms with E-state index < -0.39 is 0 Å². The molecule has 136 valence electrons. The highest BCUT2D eigenvalue weighted by Gasteiger charge is 2.29. The third-order valence-electron chi connectivity index (χ3n) is 4.97. The normalized spacial score (nSPS) is 21.9. The Hall–Kier alpha value is -2.15. The molecule has 2 saturated heterocycles. The SMILES string of the molecule is Cc1ccc(C(=O)N2CCC(NC(=O)N3CCCN(C)CC3)C2)cn1. The first-order valence-electron chi connectivity index (χ1n) is 8.99. The zero-order chi connectivity index (χ0) is 17.8. The first kappa shape index (κ1) is 17.7. The van der Waals surface area contributed by atoms with E-state index in [4.69, 9.17) is 0 Å². The van der Waals surface area contributed by atoms with Crippen LogP contribution >= 0.6 is 0 Å². The number of rotatable bonds is 2. The Labute approximate surface area is 149 Å². The van der Waals surface area contributed by atoms with Crippen LogP contribution in [0, 0.1) is 6.92 Å². The molecular weight excluding hydrogens is 318 g/mol. The highest BCUT2D eigenvalue weighted by atomic mass is 16.2. The molecule has 1 N–H and O–H groups in total. The maximum Gasteiger partial charge on any atom is 0.317 e. The molecule has 0 saturated carbocycles. The van der Waals surface area contributed by atoms with Gasteiger partial charge in [-0.2, -0.15) is 0 Å². The number of pyridine rings is 1. The van der Waals surface area contributed by atoms with Crippen molar-refractivity contribution in [2.24, 2.45) is 0 Å². The van der Waals surface area contributed by atoms with E-state index in [0.717, 1.165) is 44.7 Å². The van der Waals surface area contributed by atoms with Gasteiger partial charge in [-0.25, -0.2) is 4.79 Å². The van der Waals surface area contributed by atoms with Gasteiger partial charge in [-0.05, 0) is 45.5 Å². The predicted octanol–water partition coefficient (Wildman–Crippen LogP) is 0.952. The van der Waals surface area contributed by atoms with E-state index in [1.165, 1.54) is 0 Å². The van der Waals surface area contributed by atoms with E-state index in [-0.39, 0.29) is 18.0 Å². The third-order valence-corrected chi connectivity index (χ3v) is 4.97. The van der Waals surface area contributed by atoms with E-state index >= 15 is 0 Å². The lowest BCUT2D eigenvalue weighted by Gasteiger charge is -2.23. The van der Waals surface area contributed by atoms with E-state index in [0.29, 0.717) is 18.7 Å². The minimum absolute atomic E-state index is 0.00778. The first-order chi connectivity index (χ1) is 12.0. The molecule has 0 radical (unpaired) electrons. The van der Waals surface area contributed by atoms with Gasteiger partial charge in [-0.1, -0.05) is 0 Å². The molecule has 7 nitrogen and oxygen atoms in total. The maximum absolute atomic E-state index is 12.5. The van der Waals surface area contributed by atoms with Crippen LogP contribution in [0.2, 0.25) is 0 Å². The summed E-state index contributed by atoms with van der Waals surface area (Å²) in [6.07, 6.45) is 3.42. The Morgan fingerprint density at radius 2 is 1.96 bits per heavy atom. The number of urea groups is 1. The number of nitrogens with zero attached hydrogens (tertiary/aromatic N) is 4. The molecule has 1 unspecified atom stereocenters. The molecule has 3 heterocycles. The molecule has 25 heavy (non-hydrogen) atoms. The summed E-state index contributed by atoms with van der Waals surface area (Å²) in [5.74, 6) is -0.0133. The summed E-state index contributed by atoms with van der Waals surface area (Å²) in [5.41, 5.74) is 1.50. The quantitative estimate of drug-likeness (QED) is 0.867. The van der Waals surface area contributed by atoms with Crippen molar-refractivity contribution in [1.82, 2.24) is 25.0 Å². The van der Waals surface area contributed by atoms with Crippen molar-refractivity contribution in [1.29, 1.82) is 0 Å². The number of carbonyl (C=O) groups excluding carboxylic acids is 2. The summed E-state index contributed by atoms with van der Waals surface area (Å²) >= 11 is 0. The summed E-state index contributed by atoms with van der Waals surface area (Å²) < 4.78 is 0. The number of likely N-dealkylation sites (N-methyl/N-ethyl adjacent to an activating group) is 1. The number of aryl methyl sites for hydroxylation is 1. The summed E-state index contributed by atoms with van der Waals surface area (Å²) in [4.78, 5) is 35.1. The Morgan fingerprint density at radius 1 is 1.12 bits per heavy atom. The molecule has 3 rings (SSSR count). The fourth-order valence-corrected chi connectivity index (χ4v) is 3.35. The van der Waals surface area contributed by atoms with Crippen LogP contribution in [0.15, 0.2) is 18.3 Å². The number of aromatic nitrogens is 1. The molecule has 0 aliphatic carbocycles. The van der Waals surface area contributed by atoms with E-state index in [9.17, 15) is 9.59 Å². The van der Waals surface area contributed by atoms with Crippen molar-refractivity contribution in [2.45, 2.75) is 25.8 Å². The molecule has 2 aliphatic heterocycles. The van der Waals surface area contributed by atoms with Gasteiger partial charge in [0.15, 0.2) is 0 Å². The average molecular weight is 345 g/mol. The highest BCUT2D eigenvalue weighted by Crippen LogP contribution is 2.14. The van der Waals surface area contributed by atoms with Crippen LogP contribution in [-0.4, -0.2) is 84.0 Å². The number of amides is 3. The monoisotopic (exact) mass is 345 g/mol. The van der Waals surface area contributed by atoms with Gasteiger partial charge in [0.2, 0.25) is 0 Å². The van der Waals surface area contributed by atoms with Gasteiger partial charge >= 0.3 is 6.03 Å². The fourth-order valence-electron chi connectivity index (χ4n) is 3.35. The predicted molar refractivity (Wildman–Crippen MR) is 95.5 cm³/mol. The van der Waals surface area contributed by atoms with Crippen LogP contribution in [0.25, 0.3) is 0 Å². The van der Waals surface area contributed by atoms with Crippen LogP contribution < -0.4 is 5.32 Å². The van der Waals surface area contributed by atoms with Gasteiger partial charge in [0, 0.05) is 50.7 Å². The fraction of sp³-hybridized carbons (Fsp3) is 0.611. The van der Waals surface area contributed by atoms with Gasteiger partial charge in [0.25, 0.3) is 5.91 Å². The molecule has 1 aromatic heterocycles. The Morgan fingerprint density at radius 3 is 2.72 bits per heavy atom. The average Bonchev–Trinajstić information content (AvgIpc) is 2.95. The topological polar surface area (TPSA) is 68.8 Å². The second kappa shape index (κ2) is 7.82. The van der Waals surface area contributed by atoms with Gasteiger partial charge in [-0.3, -0.25) is 9.78 Å². The third kappa shape index (κ3) is 4.48. The minimum atomic E-state index is -0.0133. The zero-order valence-corrected chi connectivity index (χ0v) is 15.1. The van der Waals surface area contributed by atoms with E-state index in [1.807, 2.05) is 24.0 Å². The maximum atomic E-state index is 12.5. The molecule has 1 aromatic rings. The molecule has 0 aromatic carbocycles. The van der Waals surface area contributed by atoms with Crippen LogP contribution in [0.5, 0.6) is 0 Å². The van der Waals surface area contributed by atoms with Gasteiger partial charge in [0.1, 0.15) is 0 Å². The zero-order valence-electron chi connectivity index (χ0n) is 15.1. The van der Waals surface area contributed by atoms with Crippen LogP contribution in [0.3, 0.4) is 0 Å². The summed E-state index contributed by atoms with van der Waals surface area (Å²) in [5, 5.41) is 3.10. The molecule has 1 atom stereocenters. The van der Waals surface area contributed by atoms with Gasteiger partial charge in [-0.15, -0.1) is 0 Å². The number of hydrogen-bond donors (Lipinski definition) is 1. The number of carbonyl (C=O) groups is 2. The van der Waals surface area contributed by atoms with Crippen LogP contribution in [0.4, 0.5) is 4.79 Å². The minimum Gasteiger partial charge on any atom is -0.336 e. The van der Waals surface area contributed by atoms with Crippen molar-refractivity contribution in [3.8, 4) is 0 Å². The summed E-state index contributed by atoms with van der Waals surface area (Å²) in [6, 6.07) is 3.67. The van der Waals surface area contributed by atoms with E-state index in [1.54, 1.807) is 11.1 Å². The Balaban J connectivity index is 1.51. The van der Waals surface area contributed by atoms with Crippen molar-refractivity contribution in [3.05, 3.63) is 29.6 Å². The second-order valence-corrected chi connectivity index (χ2v) is 7.02. The standard InChI is InChI=1S/C18H27N5O2/c1-14-4-5-15(12-19-14)17(24)23-9-6-16(13-23)20-18(25)22-8-3-7-21(2)10-11-22/h4-5,12,16H,3,6-11,13H2,1-2H3,(H,20,25). The Kier molecular flexibility index (Phi) is 5.53. The molecule has 2 aliphatic rings. The van der Waals surface area contributed by atoms with Crippen molar-refractivity contribution < 1.29 is 9.59 Å². The highest BCUT2D eigenvalue weighted by molar-refractivity contribution is 5.94. The van der Waals surface area contributed by atoms with E-state index in [2.05, 4.69) is 22.2 Å². The molecule has 0 bridgehead atoms. The molecule has 3 amide bonds. The smallest absolute Gasteiger partial charge is 0.317 e. The molecule has 0 spiro atoms. The summed E-state index contributed by atoms with van der Waals surface area (Å²) in [6.45, 7) is 6.61. The lowest BCUT2D eigenvalue weighted by Crippen LogP contribution is -2.47. The largest absolute Gasteiger partial charge is 0.336 e. The first-order valence-corrected chi connectivity index (χ1v) is 8.99. The lowest BCUT2D eigenvalue weighted by atomic mass is 10.2. The number of hydrogen-bond acceptors (Lipinski definition) is 4. The lowest BCUT2D eigenvalue weighted by molar-refractivity contribution is 0.0788. The van der Waals surface area contributed by atoms with Crippen molar-refractivity contribution in [3.63, 3.8) is 0 Å². The van der Waals surface area contributed by atoms with Gasteiger partial charge < -0.3 is 20.0 Å². The second-order valence-electron chi connectivity index (χ2n) is 7.02. The van der Waals surface area contributed by atoms with Crippen LogP contribution in [-0.2, 0) is 0 Å². The molecule has 2 fully saturated rings. The summed E-state index contributed by atoms with van der Waals surface area (Å²) in [7, 11) is 2.09.